The van der Waals surface area contributed by atoms with Crippen molar-refractivity contribution < 1.29 is 9.59 Å². The molecule has 1 aliphatic heterocycles. The van der Waals surface area contributed by atoms with Gasteiger partial charge in [0.2, 0.25) is 0 Å². The van der Waals surface area contributed by atoms with Crippen LogP contribution >= 0.6 is 27.3 Å². The number of amides is 2. The van der Waals surface area contributed by atoms with Crippen LogP contribution in [0.2, 0.25) is 0 Å². The van der Waals surface area contributed by atoms with Crippen molar-refractivity contribution in [1.29, 1.82) is 0 Å². The van der Waals surface area contributed by atoms with Crippen molar-refractivity contribution in [3.8, 4) is 0 Å². The molecule has 0 saturated carbocycles. The van der Waals surface area contributed by atoms with Crippen molar-refractivity contribution in [3.63, 3.8) is 0 Å². The van der Waals surface area contributed by atoms with Crippen LogP contribution in [-0.2, 0) is 19.4 Å². The number of nitrogens with one attached hydrogen (secondary N) is 1. The molecule has 1 atom stereocenters. The molecule has 2 heterocycles. The van der Waals surface area contributed by atoms with E-state index in [1.165, 1.54) is 10.4 Å². The van der Waals surface area contributed by atoms with Gasteiger partial charge in [0.05, 0.1) is 5.56 Å². The summed E-state index contributed by atoms with van der Waals surface area (Å²) in [5.41, 5.74) is 3.95. The summed E-state index contributed by atoms with van der Waals surface area (Å²) in [6.45, 7) is 10.9. The van der Waals surface area contributed by atoms with E-state index in [2.05, 4.69) is 71.2 Å². The van der Waals surface area contributed by atoms with E-state index in [0.717, 1.165) is 54.5 Å². The van der Waals surface area contributed by atoms with E-state index < -0.39 is 0 Å². The van der Waals surface area contributed by atoms with E-state index in [0.29, 0.717) is 29.6 Å². The quantitative estimate of drug-likeness (QED) is 0.351. The molecule has 0 bridgehead atoms. The Morgan fingerprint density at radius 3 is 2.45 bits per heavy atom. The van der Waals surface area contributed by atoms with Crippen LogP contribution in [0.4, 0.5) is 5.00 Å². The lowest BCUT2D eigenvalue weighted by Gasteiger charge is -2.36. The highest BCUT2D eigenvalue weighted by Gasteiger charge is 2.36. The summed E-state index contributed by atoms with van der Waals surface area (Å²) in [6.07, 6.45) is 2.91. The molecule has 2 aliphatic rings. The van der Waals surface area contributed by atoms with Crippen LogP contribution in [0.25, 0.3) is 0 Å². The molecule has 1 unspecified atom stereocenters. The fourth-order valence-corrected chi connectivity index (χ4v) is 7.27. The molecule has 38 heavy (non-hydrogen) atoms. The summed E-state index contributed by atoms with van der Waals surface area (Å²) in [5.74, 6) is 0.436. The van der Waals surface area contributed by atoms with Gasteiger partial charge in [0.25, 0.3) is 11.8 Å². The third-order valence-electron chi connectivity index (χ3n) is 7.93. The topological polar surface area (TPSA) is 52.7 Å². The van der Waals surface area contributed by atoms with Crippen LogP contribution in [-0.4, -0.2) is 47.8 Å². The largest absolute Gasteiger partial charge is 0.336 e. The van der Waals surface area contributed by atoms with Crippen molar-refractivity contribution in [2.24, 2.45) is 11.3 Å². The Morgan fingerprint density at radius 1 is 1.03 bits per heavy atom. The highest BCUT2D eigenvalue weighted by atomic mass is 79.9. The van der Waals surface area contributed by atoms with E-state index in [1.807, 2.05) is 29.2 Å². The Morgan fingerprint density at radius 2 is 1.76 bits per heavy atom. The van der Waals surface area contributed by atoms with Gasteiger partial charge in [0, 0.05) is 47.6 Å². The van der Waals surface area contributed by atoms with Crippen molar-refractivity contribution in [3.05, 3.63) is 86.2 Å². The maximum absolute atomic E-state index is 14.0. The molecule has 1 aliphatic carbocycles. The maximum Gasteiger partial charge on any atom is 0.257 e. The van der Waals surface area contributed by atoms with Gasteiger partial charge in [-0.2, -0.15) is 0 Å². The number of halogens is 1. The smallest absolute Gasteiger partial charge is 0.257 e. The first-order valence-electron chi connectivity index (χ1n) is 13.5. The first-order valence-corrected chi connectivity index (χ1v) is 15.1. The number of hydrogen-bond acceptors (Lipinski definition) is 4. The number of piperazine rings is 1. The molecular formula is C31H36BrN3O2S. The van der Waals surface area contributed by atoms with Gasteiger partial charge in [-0.25, -0.2) is 0 Å². The van der Waals surface area contributed by atoms with Crippen LogP contribution in [0.3, 0.4) is 0 Å². The summed E-state index contributed by atoms with van der Waals surface area (Å²) in [4.78, 5) is 32.9. The van der Waals surface area contributed by atoms with E-state index in [4.69, 9.17) is 0 Å². The molecular weight excluding hydrogens is 558 g/mol. The van der Waals surface area contributed by atoms with Gasteiger partial charge >= 0.3 is 0 Å². The Hall–Kier alpha value is -2.48. The number of fused-ring (bicyclic) bond motifs is 1. The van der Waals surface area contributed by atoms with Crippen molar-refractivity contribution in [2.45, 2.75) is 46.6 Å². The second kappa shape index (κ2) is 11.3. The Kier molecular flexibility index (Phi) is 8.08. The second-order valence-electron chi connectivity index (χ2n) is 11.5. The molecule has 0 radical (unpaired) electrons. The number of thiophene rings is 1. The van der Waals surface area contributed by atoms with Crippen LogP contribution in [0, 0.1) is 11.3 Å². The molecule has 7 heteroatoms. The molecule has 1 fully saturated rings. The fourth-order valence-electron chi connectivity index (χ4n) is 5.55. The van der Waals surface area contributed by atoms with E-state index in [9.17, 15) is 9.59 Å². The predicted octanol–water partition coefficient (Wildman–Crippen LogP) is 6.87. The summed E-state index contributed by atoms with van der Waals surface area (Å²) >= 11 is 5.06. The van der Waals surface area contributed by atoms with Gasteiger partial charge in [0.15, 0.2) is 0 Å². The molecule has 5 rings (SSSR count). The molecule has 2 amide bonds. The van der Waals surface area contributed by atoms with Crippen molar-refractivity contribution >= 4 is 44.1 Å². The zero-order valence-electron chi connectivity index (χ0n) is 22.4. The lowest BCUT2D eigenvalue weighted by molar-refractivity contribution is 0.0628. The molecule has 1 N–H and O–H groups in total. The number of anilines is 1. The molecule has 3 aromatic rings. The third-order valence-corrected chi connectivity index (χ3v) is 9.59. The van der Waals surface area contributed by atoms with E-state index in [1.54, 1.807) is 17.4 Å². The molecule has 5 nitrogen and oxygen atoms in total. The zero-order chi connectivity index (χ0) is 26.9. The molecule has 1 aromatic heterocycles. The average Bonchev–Trinajstić information content (AvgIpc) is 3.26. The number of rotatable bonds is 5. The first kappa shape index (κ1) is 27.1. The third kappa shape index (κ3) is 6.05. The van der Waals surface area contributed by atoms with E-state index in [-0.39, 0.29) is 17.2 Å². The minimum absolute atomic E-state index is 0.0561. The standard InChI is InChI=1S/C31H36BrN3O2S/c1-31(2,3)23-12-13-25-26(19-23)38-29(33-28(36)22-10-7-11-24(32)18-22)27(25)30(37)35-16-14-34(15-17-35)20-21-8-5-4-6-9-21/h4-11,18,23H,12-17,19-20H2,1-3H3,(H,33,36). The van der Waals surface area contributed by atoms with Crippen molar-refractivity contribution in [2.75, 3.05) is 31.5 Å². The summed E-state index contributed by atoms with van der Waals surface area (Å²) in [5, 5.41) is 3.83. The molecule has 200 valence electrons. The monoisotopic (exact) mass is 593 g/mol. The molecule has 1 saturated heterocycles. The Labute approximate surface area is 238 Å². The van der Waals surface area contributed by atoms with Gasteiger partial charge in [-0.05, 0) is 59.9 Å². The number of carbonyl (C=O) groups is 2. The van der Waals surface area contributed by atoms with Gasteiger partial charge in [-0.1, -0.05) is 73.1 Å². The number of carbonyl (C=O) groups excluding carboxylic acids is 2. The summed E-state index contributed by atoms with van der Waals surface area (Å²) in [7, 11) is 0. The van der Waals surface area contributed by atoms with Gasteiger partial charge in [-0.15, -0.1) is 11.3 Å². The van der Waals surface area contributed by atoms with Crippen LogP contribution in [0.15, 0.2) is 59.1 Å². The van der Waals surface area contributed by atoms with Crippen LogP contribution < -0.4 is 5.32 Å². The van der Waals surface area contributed by atoms with E-state index >= 15 is 0 Å². The number of benzene rings is 2. The van der Waals surface area contributed by atoms with Crippen molar-refractivity contribution in [1.82, 2.24) is 9.80 Å². The zero-order valence-corrected chi connectivity index (χ0v) is 24.8. The lowest BCUT2D eigenvalue weighted by atomic mass is 9.72. The number of hydrogen-bond donors (Lipinski definition) is 1. The summed E-state index contributed by atoms with van der Waals surface area (Å²) in [6, 6.07) is 17.9. The highest BCUT2D eigenvalue weighted by molar-refractivity contribution is 9.10. The summed E-state index contributed by atoms with van der Waals surface area (Å²) < 4.78 is 0.855. The van der Waals surface area contributed by atoms with Crippen LogP contribution in [0.5, 0.6) is 0 Å². The fraction of sp³-hybridized carbons (Fsp3) is 0.419. The van der Waals surface area contributed by atoms with Crippen LogP contribution in [0.1, 0.15) is 63.9 Å². The first-order chi connectivity index (χ1) is 18.2. The molecule has 2 aromatic carbocycles. The minimum atomic E-state index is -0.181. The second-order valence-corrected chi connectivity index (χ2v) is 13.6. The molecule has 0 spiro atoms. The van der Waals surface area contributed by atoms with Gasteiger partial charge < -0.3 is 10.2 Å². The van der Waals surface area contributed by atoms with Gasteiger partial charge in [-0.3, -0.25) is 14.5 Å². The highest BCUT2D eigenvalue weighted by Crippen LogP contribution is 2.45. The normalized spacial score (nSPS) is 18.2. The Balaban J connectivity index is 1.37. The average molecular weight is 595 g/mol. The SMILES string of the molecule is CC(C)(C)C1CCc2c(sc(NC(=O)c3cccc(Br)c3)c2C(=O)N2CCN(Cc3ccccc3)CC2)C1. The maximum atomic E-state index is 14.0. The Bertz CT molecular complexity index is 1310. The van der Waals surface area contributed by atoms with Gasteiger partial charge in [0.1, 0.15) is 5.00 Å². The number of nitrogens with zero attached hydrogens (tertiary/aromatic N) is 2. The predicted molar refractivity (Wildman–Crippen MR) is 159 cm³/mol. The minimum Gasteiger partial charge on any atom is -0.336 e. The lowest BCUT2D eigenvalue weighted by Crippen LogP contribution is -2.48.